The Balaban J connectivity index is 2.89. The summed E-state index contributed by atoms with van der Waals surface area (Å²) in [6, 6.07) is 4.17. The van der Waals surface area contributed by atoms with Crippen molar-refractivity contribution in [2.45, 2.75) is 11.8 Å². The minimum atomic E-state index is -3.59. The summed E-state index contributed by atoms with van der Waals surface area (Å²) < 4.78 is 26.2. The van der Waals surface area contributed by atoms with Gasteiger partial charge in [0.1, 0.15) is 0 Å². The molecule has 17 heavy (non-hydrogen) atoms. The van der Waals surface area contributed by atoms with Gasteiger partial charge in [-0.05, 0) is 24.1 Å². The second kappa shape index (κ2) is 6.25. The van der Waals surface area contributed by atoms with Gasteiger partial charge in [0, 0.05) is 22.5 Å². The molecule has 0 saturated carbocycles. The average Bonchev–Trinajstić information content (AvgIpc) is 2.24. The average molecular weight is 317 g/mol. The lowest BCUT2D eigenvalue weighted by molar-refractivity contribution is 0.562. The van der Waals surface area contributed by atoms with Crippen molar-refractivity contribution < 1.29 is 8.42 Å². The van der Waals surface area contributed by atoms with Crippen molar-refractivity contribution in [1.82, 2.24) is 4.72 Å². The molecule has 0 radical (unpaired) electrons. The molecule has 0 aliphatic rings. The molecule has 0 aromatic heterocycles. The molecule has 0 aliphatic carbocycles. The van der Waals surface area contributed by atoms with E-state index in [9.17, 15) is 8.42 Å². The number of alkyl halides is 1. The number of rotatable bonds is 5. The van der Waals surface area contributed by atoms with Crippen LogP contribution < -0.4 is 4.72 Å². The molecule has 1 aromatic carbocycles. The number of halogens is 3. The first-order chi connectivity index (χ1) is 7.85. The second-order valence-corrected chi connectivity index (χ2v) is 6.66. The van der Waals surface area contributed by atoms with E-state index in [1.165, 1.54) is 18.2 Å². The molecule has 0 aliphatic heterocycles. The van der Waals surface area contributed by atoms with Gasteiger partial charge in [0.15, 0.2) is 0 Å². The molecular weight excluding hydrogens is 305 g/mol. The van der Waals surface area contributed by atoms with Gasteiger partial charge in [-0.1, -0.05) is 30.1 Å². The normalized spacial score (nSPS) is 13.6. The smallest absolute Gasteiger partial charge is 0.211 e. The summed E-state index contributed by atoms with van der Waals surface area (Å²) in [4.78, 5) is 0.0526. The lowest BCUT2D eigenvalue weighted by atomic mass is 10.2. The molecule has 0 spiro atoms. The van der Waals surface area contributed by atoms with Gasteiger partial charge in [-0.3, -0.25) is 0 Å². The van der Waals surface area contributed by atoms with E-state index in [0.717, 1.165) is 0 Å². The molecule has 1 unspecified atom stereocenters. The lowest BCUT2D eigenvalue weighted by Gasteiger charge is -2.10. The standard InChI is InChI=1S/C10H12Cl3NO2S/c1-7(5-11)6-14-17(15,16)10-3-8(12)2-9(13)4-10/h2-4,7,14H,5-6H2,1H3. The molecule has 3 nitrogen and oxygen atoms in total. The van der Waals surface area contributed by atoms with E-state index in [0.29, 0.717) is 5.88 Å². The fraction of sp³-hybridized carbons (Fsp3) is 0.400. The van der Waals surface area contributed by atoms with Crippen LogP contribution in [0.15, 0.2) is 23.1 Å². The van der Waals surface area contributed by atoms with Crippen LogP contribution in [0.5, 0.6) is 0 Å². The first kappa shape index (κ1) is 15.1. The van der Waals surface area contributed by atoms with E-state index in [2.05, 4.69) is 4.72 Å². The van der Waals surface area contributed by atoms with Crippen LogP contribution in [0.4, 0.5) is 0 Å². The van der Waals surface area contributed by atoms with Gasteiger partial charge in [-0.2, -0.15) is 0 Å². The van der Waals surface area contributed by atoms with Crippen LogP contribution in [0.2, 0.25) is 10.0 Å². The molecule has 96 valence electrons. The zero-order valence-electron chi connectivity index (χ0n) is 9.08. The molecule has 1 rings (SSSR count). The number of nitrogens with one attached hydrogen (secondary N) is 1. The van der Waals surface area contributed by atoms with E-state index in [4.69, 9.17) is 34.8 Å². The highest BCUT2D eigenvalue weighted by Gasteiger charge is 2.16. The second-order valence-electron chi connectivity index (χ2n) is 3.72. The molecular formula is C10H12Cl3NO2S. The molecule has 0 fully saturated rings. The van der Waals surface area contributed by atoms with Crippen LogP contribution in [-0.2, 0) is 10.0 Å². The highest BCUT2D eigenvalue weighted by Crippen LogP contribution is 2.22. The van der Waals surface area contributed by atoms with E-state index in [1.807, 2.05) is 6.92 Å². The van der Waals surface area contributed by atoms with Crippen LogP contribution in [0.1, 0.15) is 6.92 Å². The molecule has 1 atom stereocenters. The number of hydrogen-bond acceptors (Lipinski definition) is 2. The minimum Gasteiger partial charge on any atom is -0.211 e. The van der Waals surface area contributed by atoms with Crippen LogP contribution in [0.25, 0.3) is 0 Å². The van der Waals surface area contributed by atoms with Gasteiger partial charge in [-0.15, -0.1) is 11.6 Å². The summed E-state index contributed by atoms with van der Waals surface area (Å²) in [5.41, 5.74) is 0. The van der Waals surface area contributed by atoms with Crippen molar-refractivity contribution in [2.75, 3.05) is 12.4 Å². The number of benzene rings is 1. The predicted octanol–water partition coefficient (Wildman–Crippen LogP) is 3.15. The highest BCUT2D eigenvalue weighted by molar-refractivity contribution is 7.89. The SMILES string of the molecule is CC(CCl)CNS(=O)(=O)c1cc(Cl)cc(Cl)c1. The Morgan fingerprint density at radius 3 is 2.24 bits per heavy atom. The van der Waals surface area contributed by atoms with E-state index < -0.39 is 10.0 Å². The molecule has 0 bridgehead atoms. The van der Waals surface area contributed by atoms with E-state index in [1.54, 1.807) is 0 Å². The van der Waals surface area contributed by atoms with Crippen molar-refractivity contribution in [3.8, 4) is 0 Å². The third-order valence-corrected chi connectivity index (χ3v) is 4.40. The molecule has 1 N–H and O–H groups in total. The predicted molar refractivity (Wildman–Crippen MR) is 71.5 cm³/mol. The molecule has 0 amide bonds. The Labute approximate surface area is 116 Å². The Hall–Kier alpha value is -0.000000000000000111. The maximum absolute atomic E-state index is 11.9. The lowest BCUT2D eigenvalue weighted by Crippen LogP contribution is -2.29. The van der Waals surface area contributed by atoms with Crippen LogP contribution >= 0.6 is 34.8 Å². The Morgan fingerprint density at radius 1 is 1.24 bits per heavy atom. The first-order valence-electron chi connectivity index (χ1n) is 4.87. The maximum atomic E-state index is 11.9. The molecule has 7 heteroatoms. The summed E-state index contributed by atoms with van der Waals surface area (Å²) in [6.07, 6.45) is 0. The largest absolute Gasteiger partial charge is 0.240 e. The van der Waals surface area contributed by atoms with Crippen molar-refractivity contribution in [2.24, 2.45) is 5.92 Å². The van der Waals surface area contributed by atoms with Crippen LogP contribution in [0.3, 0.4) is 0 Å². The quantitative estimate of drug-likeness (QED) is 0.848. The fourth-order valence-electron chi connectivity index (χ4n) is 1.07. The van der Waals surface area contributed by atoms with Gasteiger partial charge in [-0.25, -0.2) is 13.1 Å². The van der Waals surface area contributed by atoms with Gasteiger partial charge >= 0.3 is 0 Å². The Kier molecular flexibility index (Phi) is 5.54. The van der Waals surface area contributed by atoms with Crippen molar-refractivity contribution in [3.63, 3.8) is 0 Å². The Morgan fingerprint density at radius 2 is 1.76 bits per heavy atom. The van der Waals surface area contributed by atoms with E-state index >= 15 is 0 Å². The van der Waals surface area contributed by atoms with Gasteiger partial charge in [0.25, 0.3) is 0 Å². The highest BCUT2D eigenvalue weighted by atomic mass is 35.5. The summed E-state index contributed by atoms with van der Waals surface area (Å²) in [5.74, 6) is 0.444. The summed E-state index contributed by atoms with van der Waals surface area (Å²) in [7, 11) is -3.59. The minimum absolute atomic E-state index is 0.0526. The maximum Gasteiger partial charge on any atom is 0.240 e. The first-order valence-corrected chi connectivity index (χ1v) is 7.64. The molecule has 0 heterocycles. The molecule has 1 aromatic rings. The third kappa shape index (κ3) is 4.64. The monoisotopic (exact) mass is 315 g/mol. The number of hydrogen-bond donors (Lipinski definition) is 1. The fourth-order valence-corrected chi connectivity index (χ4v) is 3.07. The van der Waals surface area contributed by atoms with Crippen molar-refractivity contribution in [1.29, 1.82) is 0 Å². The zero-order valence-corrected chi connectivity index (χ0v) is 12.2. The van der Waals surface area contributed by atoms with Crippen LogP contribution in [0, 0.1) is 5.92 Å². The van der Waals surface area contributed by atoms with Gasteiger partial charge in [0.05, 0.1) is 4.90 Å². The third-order valence-electron chi connectivity index (χ3n) is 2.03. The summed E-state index contributed by atoms with van der Waals surface area (Å²) in [5, 5.41) is 0.562. The number of sulfonamides is 1. The van der Waals surface area contributed by atoms with E-state index in [-0.39, 0.29) is 27.4 Å². The summed E-state index contributed by atoms with van der Waals surface area (Å²) in [6.45, 7) is 2.12. The topological polar surface area (TPSA) is 46.2 Å². The Bertz CT molecular complexity index is 470. The van der Waals surface area contributed by atoms with Gasteiger partial charge in [0.2, 0.25) is 10.0 Å². The molecule has 0 saturated heterocycles. The van der Waals surface area contributed by atoms with Crippen molar-refractivity contribution in [3.05, 3.63) is 28.2 Å². The van der Waals surface area contributed by atoms with Crippen LogP contribution in [-0.4, -0.2) is 20.8 Å². The summed E-state index contributed by atoms with van der Waals surface area (Å²) >= 11 is 17.1. The van der Waals surface area contributed by atoms with Gasteiger partial charge < -0.3 is 0 Å². The van der Waals surface area contributed by atoms with Crippen molar-refractivity contribution >= 4 is 44.8 Å². The zero-order chi connectivity index (χ0) is 13.1.